The van der Waals surface area contributed by atoms with Gasteiger partial charge in [0.05, 0.1) is 28.9 Å². The minimum Gasteiger partial charge on any atom is -0.390 e. The average molecular weight is 492 g/mol. The van der Waals surface area contributed by atoms with Crippen LogP contribution in [0.25, 0.3) is 16.5 Å². The summed E-state index contributed by atoms with van der Waals surface area (Å²) in [4.78, 5) is 10.6. The minimum absolute atomic E-state index is 0.112. The number of benzene rings is 1. The second-order valence-corrected chi connectivity index (χ2v) is 12.7. The number of hydrogen-bond acceptors (Lipinski definition) is 7. The van der Waals surface area contributed by atoms with Gasteiger partial charge in [-0.15, -0.1) is 0 Å². The van der Waals surface area contributed by atoms with E-state index in [1.54, 1.807) is 6.33 Å². The van der Waals surface area contributed by atoms with Crippen molar-refractivity contribution in [3.63, 3.8) is 0 Å². The lowest BCUT2D eigenvalue weighted by Gasteiger charge is -2.65. The van der Waals surface area contributed by atoms with E-state index in [9.17, 15) is 15.3 Å². The predicted octanol–water partition coefficient (Wildman–Crippen LogP) is 2.93. The van der Waals surface area contributed by atoms with Crippen LogP contribution in [-0.4, -0.2) is 79.3 Å². The number of likely N-dealkylation sites (N-methyl/N-ethyl adjacent to an activating group) is 1. The van der Waals surface area contributed by atoms with E-state index in [2.05, 4.69) is 41.2 Å². The van der Waals surface area contributed by atoms with E-state index in [1.165, 1.54) is 11.1 Å². The van der Waals surface area contributed by atoms with Crippen LogP contribution >= 0.6 is 0 Å². The number of aromatic nitrogens is 2. The molecule has 2 bridgehead atoms. The van der Waals surface area contributed by atoms with E-state index >= 15 is 0 Å². The third-order valence-corrected chi connectivity index (χ3v) is 11.1. The Labute approximate surface area is 212 Å². The zero-order chi connectivity index (χ0) is 25.1. The van der Waals surface area contributed by atoms with Crippen LogP contribution in [-0.2, 0) is 4.74 Å². The van der Waals surface area contributed by atoms with Crippen LogP contribution < -0.4 is 0 Å². The van der Waals surface area contributed by atoms with Crippen LogP contribution in [0.15, 0.2) is 36.8 Å². The van der Waals surface area contributed by atoms with Crippen molar-refractivity contribution < 1.29 is 20.1 Å². The zero-order valence-electron chi connectivity index (χ0n) is 21.4. The summed E-state index contributed by atoms with van der Waals surface area (Å²) in [6.45, 7) is 2.36. The number of allylic oxidation sites excluding steroid dienone is 2. The predicted molar refractivity (Wildman–Crippen MR) is 136 cm³/mol. The van der Waals surface area contributed by atoms with Gasteiger partial charge in [-0.25, -0.2) is 9.97 Å². The highest BCUT2D eigenvalue weighted by Gasteiger charge is 2.76. The molecule has 36 heavy (non-hydrogen) atoms. The summed E-state index contributed by atoms with van der Waals surface area (Å²) < 4.78 is 7.21. The molecule has 4 fully saturated rings. The van der Waals surface area contributed by atoms with Gasteiger partial charge in [-0.3, -0.25) is 0 Å². The topological polar surface area (TPSA) is 98.9 Å². The van der Waals surface area contributed by atoms with Gasteiger partial charge in [0.15, 0.2) is 0 Å². The Hall–Kier alpha value is -1.90. The van der Waals surface area contributed by atoms with Gasteiger partial charge in [0, 0.05) is 29.5 Å². The molecule has 2 saturated carbocycles. The highest BCUT2D eigenvalue weighted by atomic mass is 16.6. The van der Waals surface area contributed by atoms with Crippen molar-refractivity contribution in [2.24, 2.45) is 17.3 Å². The SMILES string of the molecule is CN(C)[C@H]1C[C@@]23CC[C@]4(O2)C2CC=C(c5ccc6cncnc6c5)[C@@]2(C)CCC4(O)CC3[C@@H](O)[C@@H]1O. The summed E-state index contributed by atoms with van der Waals surface area (Å²) in [6, 6.07) is 6.29. The van der Waals surface area contributed by atoms with Crippen LogP contribution in [0.5, 0.6) is 0 Å². The number of aliphatic hydroxyl groups is 3. The fourth-order valence-corrected chi connectivity index (χ4v) is 9.20. The normalized spacial score (nSPS) is 47.4. The van der Waals surface area contributed by atoms with Crippen molar-refractivity contribution in [3.05, 3.63) is 42.4 Å². The molecule has 2 spiro atoms. The van der Waals surface area contributed by atoms with Gasteiger partial charge < -0.3 is 25.0 Å². The molecule has 3 N–H and O–H groups in total. The molecule has 7 nitrogen and oxygen atoms in total. The van der Waals surface area contributed by atoms with E-state index < -0.39 is 29.0 Å². The molecule has 1 aromatic heterocycles. The summed E-state index contributed by atoms with van der Waals surface area (Å²) in [7, 11) is 3.92. The van der Waals surface area contributed by atoms with E-state index in [-0.39, 0.29) is 23.3 Å². The maximum Gasteiger partial charge on any atom is 0.116 e. The molecule has 192 valence electrons. The van der Waals surface area contributed by atoms with Crippen LogP contribution in [0.2, 0.25) is 0 Å². The molecule has 3 unspecified atom stereocenters. The van der Waals surface area contributed by atoms with Gasteiger partial charge in [0.2, 0.25) is 0 Å². The molecule has 3 heterocycles. The lowest BCUT2D eigenvalue weighted by Crippen LogP contribution is -2.73. The first-order valence-corrected chi connectivity index (χ1v) is 13.5. The Morgan fingerprint density at radius 1 is 1.06 bits per heavy atom. The number of rotatable bonds is 2. The molecule has 3 aliphatic carbocycles. The summed E-state index contributed by atoms with van der Waals surface area (Å²) in [5.74, 6) is -0.0790. The Morgan fingerprint density at radius 2 is 1.89 bits per heavy atom. The molecule has 1 aromatic carbocycles. The smallest absolute Gasteiger partial charge is 0.116 e. The van der Waals surface area contributed by atoms with Gasteiger partial charge in [-0.2, -0.15) is 0 Å². The van der Waals surface area contributed by atoms with Gasteiger partial charge in [0.25, 0.3) is 0 Å². The van der Waals surface area contributed by atoms with Gasteiger partial charge in [0.1, 0.15) is 11.9 Å². The van der Waals surface area contributed by atoms with E-state index in [4.69, 9.17) is 4.74 Å². The first-order valence-electron chi connectivity index (χ1n) is 13.5. The maximum absolute atomic E-state index is 12.3. The van der Waals surface area contributed by atoms with E-state index in [0.29, 0.717) is 19.3 Å². The van der Waals surface area contributed by atoms with Crippen molar-refractivity contribution >= 4 is 16.5 Å². The Bertz CT molecular complexity index is 1270. The quantitative estimate of drug-likeness (QED) is 0.594. The summed E-state index contributed by atoms with van der Waals surface area (Å²) in [5, 5.41) is 35.5. The van der Waals surface area contributed by atoms with Gasteiger partial charge >= 0.3 is 0 Å². The molecule has 0 amide bonds. The molecular weight excluding hydrogens is 454 g/mol. The van der Waals surface area contributed by atoms with Crippen molar-refractivity contribution in [1.29, 1.82) is 0 Å². The standard InChI is InChI=1S/C29H37N3O4/c1-26-8-10-28(35)13-20-24(33)25(34)22(32(2)3)14-27(20)9-11-29(28,36-27)23(26)7-6-19(26)17-4-5-18-15-30-16-31-21(18)12-17/h4-6,12,15-16,20,22-25,33-35H,7-11,13-14H2,1-3H3/t20?,22-,23?,24+,25+,26+,27+,28?,29-/m0/s1. The molecule has 5 aliphatic rings. The number of hydrogen-bond donors (Lipinski definition) is 3. The molecular formula is C29H37N3O4. The van der Waals surface area contributed by atoms with E-state index in [1.807, 2.05) is 25.2 Å². The van der Waals surface area contributed by atoms with Crippen molar-refractivity contribution in [2.45, 2.75) is 86.9 Å². The molecule has 2 aliphatic heterocycles. The average Bonchev–Trinajstić information content (AvgIpc) is 3.39. The molecule has 7 heteroatoms. The molecule has 2 saturated heterocycles. The number of fused-ring (bicyclic) bond motifs is 2. The van der Waals surface area contributed by atoms with Crippen LogP contribution in [0, 0.1) is 17.3 Å². The fraction of sp³-hybridized carbons (Fsp3) is 0.655. The third kappa shape index (κ3) is 2.76. The number of ether oxygens (including phenoxy) is 1. The fourth-order valence-electron chi connectivity index (χ4n) is 9.20. The minimum atomic E-state index is -0.993. The monoisotopic (exact) mass is 491 g/mol. The molecule has 7 rings (SSSR count). The van der Waals surface area contributed by atoms with E-state index in [0.717, 1.165) is 36.6 Å². The van der Waals surface area contributed by atoms with Gasteiger partial charge in [-0.05, 0) is 81.7 Å². The zero-order valence-corrected chi connectivity index (χ0v) is 21.4. The van der Waals surface area contributed by atoms with Crippen LogP contribution in [0.3, 0.4) is 0 Å². The highest BCUT2D eigenvalue weighted by molar-refractivity contribution is 5.84. The molecule has 0 radical (unpaired) electrons. The summed E-state index contributed by atoms with van der Waals surface area (Å²) >= 11 is 0. The van der Waals surface area contributed by atoms with Crippen molar-refractivity contribution in [3.8, 4) is 0 Å². The molecule has 9 atom stereocenters. The van der Waals surface area contributed by atoms with Crippen LogP contribution in [0.1, 0.15) is 57.4 Å². The summed E-state index contributed by atoms with van der Waals surface area (Å²) in [6.07, 6.45) is 9.28. The Balaban J connectivity index is 1.27. The largest absolute Gasteiger partial charge is 0.390 e. The highest BCUT2D eigenvalue weighted by Crippen LogP contribution is 2.71. The maximum atomic E-state index is 12.3. The lowest BCUT2D eigenvalue weighted by atomic mass is 9.51. The third-order valence-electron chi connectivity index (χ3n) is 11.1. The second kappa shape index (κ2) is 7.35. The number of aliphatic hydroxyl groups excluding tert-OH is 2. The first kappa shape index (κ1) is 23.2. The lowest BCUT2D eigenvalue weighted by molar-refractivity contribution is -0.331. The van der Waals surface area contributed by atoms with Crippen molar-refractivity contribution in [2.75, 3.05) is 14.1 Å². The summed E-state index contributed by atoms with van der Waals surface area (Å²) in [5.41, 5.74) is 1.24. The Kier molecular flexibility index (Phi) is 4.75. The van der Waals surface area contributed by atoms with Gasteiger partial charge in [-0.1, -0.05) is 25.1 Å². The van der Waals surface area contributed by atoms with Crippen molar-refractivity contribution in [1.82, 2.24) is 14.9 Å². The second-order valence-electron chi connectivity index (χ2n) is 12.7. The molecule has 2 aromatic rings. The number of nitrogens with zero attached hydrogens (tertiary/aromatic N) is 3. The van der Waals surface area contributed by atoms with Crippen LogP contribution in [0.4, 0.5) is 0 Å². The Morgan fingerprint density at radius 3 is 2.69 bits per heavy atom. The first-order chi connectivity index (χ1) is 17.1.